The third-order valence-electron chi connectivity index (χ3n) is 5.01. The van der Waals surface area contributed by atoms with E-state index in [-0.39, 0.29) is 0 Å². The number of fused-ring (bicyclic) bond motifs is 2. The molecule has 4 nitrogen and oxygen atoms in total. The Kier molecular flexibility index (Phi) is 4.94. The highest BCUT2D eigenvalue weighted by Crippen LogP contribution is 2.21. The van der Waals surface area contributed by atoms with E-state index >= 15 is 0 Å². The second-order valence-corrected chi connectivity index (χ2v) is 6.93. The maximum atomic E-state index is 4.76. The summed E-state index contributed by atoms with van der Waals surface area (Å²) in [6.45, 7) is 2.82. The molecule has 0 aliphatic rings. The van der Waals surface area contributed by atoms with Crippen LogP contribution in [0.2, 0.25) is 0 Å². The number of hydrogen-bond donors (Lipinski definition) is 1. The molecule has 140 valence electrons. The van der Waals surface area contributed by atoms with Crippen molar-refractivity contribution in [3.8, 4) is 0 Å². The standard InChI is InChI=1S/C24H24N4/c1-17(24(25-2)26-3)13-18-11-12-23-21(14-18)16-28(27-23)15-20-9-6-8-19-7-4-5-10-22(19)20/h4-14,16H,15H2,1-3H3,(H,25,26)/b17-13+. The summed E-state index contributed by atoms with van der Waals surface area (Å²) in [4.78, 5) is 4.26. The van der Waals surface area contributed by atoms with Gasteiger partial charge >= 0.3 is 0 Å². The maximum absolute atomic E-state index is 4.76. The molecule has 3 aromatic carbocycles. The van der Waals surface area contributed by atoms with Gasteiger partial charge in [0.25, 0.3) is 0 Å². The van der Waals surface area contributed by atoms with Crippen LogP contribution in [0.15, 0.2) is 77.4 Å². The van der Waals surface area contributed by atoms with Crippen molar-refractivity contribution >= 4 is 33.6 Å². The molecule has 4 rings (SSSR count). The fraction of sp³-hybridized carbons (Fsp3) is 0.167. The van der Waals surface area contributed by atoms with Crippen LogP contribution in [0, 0.1) is 0 Å². The molecule has 4 aromatic rings. The van der Waals surface area contributed by atoms with Crippen LogP contribution in [0.3, 0.4) is 0 Å². The SMILES string of the molecule is CN=C(NC)/C(C)=C/c1ccc2nn(Cc3cccc4ccccc34)cc2c1. The Labute approximate surface area is 165 Å². The van der Waals surface area contributed by atoms with Crippen molar-refractivity contribution in [3.05, 3.63) is 83.6 Å². The normalized spacial score (nSPS) is 12.7. The van der Waals surface area contributed by atoms with Gasteiger partial charge in [-0.1, -0.05) is 48.5 Å². The minimum atomic E-state index is 0.757. The smallest absolute Gasteiger partial charge is 0.123 e. The zero-order chi connectivity index (χ0) is 19.5. The Hall–Kier alpha value is -3.40. The predicted molar refractivity (Wildman–Crippen MR) is 119 cm³/mol. The summed E-state index contributed by atoms with van der Waals surface area (Å²) in [6.07, 6.45) is 4.26. The van der Waals surface area contributed by atoms with E-state index in [1.54, 1.807) is 7.05 Å². The first-order valence-corrected chi connectivity index (χ1v) is 9.45. The number of benzene rings is 3. The van der Waals surface area contributed by atoms with Crippen molar-refractivity contribution in [2.45, 2.75) is 13.5 Å². The van der Waals surface area contributed by atoms with Gasteiger partial charge in [-0.3, -0.25) is 9.67 Å². The summed E-state index contributed by atoms with van der Waals surface area (Å²) < 4.78 is 2.03. The topological polar surface area (TPSA) is 42.2 Å². The zero-order valence-electron chi connectivity index (χ0n) is 16.5. The van der Waals surface area contributed by atoms with Crippen LogP contribution in [-0.4, -0.2) is 29.7 Å². The van der Waals surface area contributed by atoms with Gasteiger partial charge in [-0.2, -0.15) is 5.10 Å². The van der Waals surface area contributed by atoms with E-state index in [0.717, 1.165) is 34.4 Å². The molecule has 0 radical (unpaired) electrons. The molecule has 4 heteroatoms. The van der Waals surface area contributed by atoms with Gasteiger partial charge in [-0.25, -0.2) is 0 Å². The van der Waals surface area contributed by atoms with Crippen LogP contribution in [-0.2, 0) is 6.54 Å². The fourth-order valence-corrected chi connectivity index (χ4v) is 3.67. The second-order valence-electron chi connectivity index (χ2n) is 6.93. The minimum absolute atomic E-state index is 0.757. The Bertz CT molecular complexity index is 1190. The van der Waals surface area contributed by atoms with Crippen molar-refractivity contribution < 1.29 is 0 Å². The van der Waals surface area contributed by atoms with Crippen molar-refractivity contribution in [2.24, 2.45) is 4.99 Å². The molecule has 1 aromatic heterocycles. The molecule has 1 heterocycles. The number of rotatable bonds is 4. The number of hydrogen-bond acceptors (Lipinski definition) is 2. The molecule has 0 saturated heterocycles. The highest BCUT2D eigenvalue weighted by molar-refractivity contribution is 6.01. The van der Waals surface area contributed by atoms with E-state index in [4.69, 9.17) is 5.10 Å². The molecular weight excluding hydrogens is 344 g/mol. The number of amidine groups is 1. The third-order valence-corrected chi connectivity index (χ3v) is 5.01. The first-order chi connectivity index (χ1) is 13.7. The van der Waals surface area contributed by atoms with Crippen molar-refractivity contribution in [2.75, 3.05) is 14.1 Å². The highest BCUT2D eigenvalue weighted by Gasteiger charge is 2.06. The van der Waals surface area contributed by atoms with Crippen LogP contribution in [0.1, 0.15) is 18.1 Å². The lowest BCUT2D eigenvalue weighted by Gasteiger charge is -2.06. The summed E-state index contributed by atoms with van der Waals surface area (Å²) in [5.74, 6) is 0.895. The van der Waals surface area contributed by atoms with Gasteiger partial charge in [0.15, 0.2) is 0 Å². The molecule has 0 atom stereocenters. The zero-order valence-corrected chi connectivity index (χ0v) is 16.5. The molecule has 0 fully saturated rings. The van der Waals surface area contributed by atoms with Crippen LogP contribution >= 0.6 is 0 Å². The molecule has 0 bridgehead atoms. The van der Waals surface area contributed by atoms with E-state index in [1.165, 1.54) is 16.3 Å². The average molecular weight is 368 g/mol. The first kappa shape index (κ1) is 18.0. The number of likely N-dealkylation sites (N-methyl/N-ethyl adjacent to an activating group) is 1. The van der Waals surface area contributed by atoms with Crippen LogP contribution < -0.4 is 5.32 Å². The maximum Gasteiger partial charge on any atom is 0.123 e. The molecule has 0 amide bonds. The van der Waals surface area contributed by atoms with E-state index < -0.39 is 0 Å². The van der Waals surface area contributed by atoms with Gasteiger partial charge in [0.1, 0.15) is 5.84 Å². The summed E-state index contributed by atoms with van der Waals surface area (Å²) in [5.41, 5.74) is 4.53. The Morgan fingerprint density at radius 3 is 2.71 bits per heavy atom. The largest absolute Gasteiger partial charge is 0.373 e. The summed E-state index contributed by atoms with van der Waals surface area (Å²) >= 11 is 0. The predicted octanol–water partition coefficient (Wildman–Crippen LogP) is 4.89. The summed E-state index contributed by atoms with van der Waals surface area (Å²) in [6, 6.07) is 21.3. The van der Waals surface area contributed by atoms with E-state index in [1.807, 2.05) is 11.7 Å². The van der Waals surface area contributed by atoms with Crippen LogP contribution in [0.4, 0.5) is 0 Å². The molecule has 28 heavy (non-hydrogen) atoms. The lowest BCUT2D eigenvalue weighted by Crippen LogP contribution is -2.18. The quantitative estimate of drug-likeness (QED) is 0.412. The molecule has 0 aliphatic heterocycles. The number of nitrogens with zero attached hydrogens (tertiary/aromatic N) is 3. The van der Waals surface area contributed by atoms with Gasteiger partial charge in [-0.05, 0) is 52.6 Å². The third kappa shape index (κ3) is 3.54. The fourth-order valence-electron chi connectivity index (χ4n) is 3.67. The van der Waals surface area contributed by atoms with Crippen molar-refractivity contribution in [1.29, 1.82) is 0 Å². The number of aromatic nitrogens is 2. The van der Waals surface area contributed by atoms with E-state index in [0.29, 0.717) is 0 Å². The first-order valence-electron chi connectivity index (χ1n) is 9.45. The molecule has 1 N–H and O–H groups in total. The number of nitrogens with one attached hydrogen (secondary N) is 1. The summed E-state index contributed by atoms with van der Waals surface area (Å²) in [5, 5.41) is 11.6. The minimum Gasteiger partial charge on any atom is -0.373 e. The molecule has 0 unspecified atom stereocenters. The van der Waals surface area contributed by atoms with Gasteiger partial charge in [0, 0.05) is 25.7 Å². The van der Waals surface area contributed by atoms with Gasteiger partial charge < -0.3 is 5.32 Å². The van der Waals surface area contributed by atoms with Crippen molar-refractivity contribution in [1.82, 2.24) is 15.1 Å². The lowest BCUT2D eigenvalue weighted by molar-refractivity contribution is 0.699. The van der Waals surface area contributed by atoms with Gasteiger partial charge in [-0.15, -0.1) is 0 Å². The molecule has 0 aliphatic carbocycles. The lowest BCUT2D eigenvalue weighted by atomic mass is 10.0. The highest BCUT2D eigenvalue weighted by atomic mass is 15.3. The average Bonchev–Trinajstić information content (AvgIpc) is 3.11. The molecule has 0 saturated carbocycles. The van der Waals surface area contributed by atoms with E-state index in [9.17, 15) is 0 Å². The monoisotopic (exact) mass is 368 g/mol. The van der Waals surface area contributed by atoms with E-state index in [2.05, 4.69) is 90.2 Å². The second kappa shape index (κ2) is 7.69. The van der Waals surface area contributed by atoms with Crippen LogP contribution in [0.25, 0.3) is 27.8 Å². The van der Waals surface area contributed by atoms with Crippen molar-refractivity contribution in [3.63, 3.8) is 0 Å². The van der Waals surface area contributed by atoms with Gasteiger partial charge in [0.05, 0.1) is 12.1 Å². The summed E-state index contributed by atoms with van der Waals surface area (Å²) in [7, 11) is 3.68. The molecular formula is C24H24N4. The van der Waals surface area contributed by atoms with Crippen LogP contribution in [0.5, 0.6) is 0 Å². The van der Waals surface area contributed by atoms with Gasteiger partial charge in [0.2, 0.25) is 0 Å². The Morgan fingerprint density at radius 1 is 1.07 bits per heavy atom. The Balaban J connectivity index is 1.66. The molecule has 0 spiro atoms. The Morgan fingerprint density at radius 2 is 1.89 bits per heavy atom. The number of aliphatic imine (C=N–C) groups is 1.